The number of piperidine rings is 1. The molecule has 5 heteroatoms. The van der Waals surface area contributed by atoms with Gasteiger partial charge in [-0.05, 0) is 0 Å². The summed E-state index contributed by atoms with van der Waals surface area (Å²) in [5.41, 5.74) is 0. The van der Waals surface area contributed by atoms with Gasteiger partial charge in [0, 0.05) is 37.8 Å². The number of nitrogens with zero attached hydrogens (tertiary/aromatic N) is 3. The molecule has 2 rings (SSSR count). The zero-order chi connectivity index (χ0) is 10.9. The Morgan fingerprint density at radius 2 is 2.27 bits per heavy atom. The van der Waals surface area contributed by atoms with Crippen molar-refractivity contribution >= 4 is 5.82 Å². The lowest BCUT2D eigenvalue weighted by Crippen LogP contribution is -2.46. The predicted octanol–water partition coefficient (Wildman–Crippen LogP) is 1.96. The van der Waals surface area contributed by atoms with E-state index in [1.165, 1.54) is 0 Å². The van der Waals surface area contributed by atoms with Crippen LogP contribution < -0.4 is 4.90 Å². The zero-order valence-corrected chi connectivity index (χ0v) is 8.53. The summed E-state index contributed by atoms with van der Waals surface area (Å²) in [5, 5.41) is 0. The summed E-state index contributed by atoms with van der Waals surface area (Å²) in [7, 11) is 0. The van der Waals surface area contributed by atoms with Gasteiger partial charge < -0.3 is 4.90 Å². The molecule has 0 spiro atoms. The third-order valence-electron chi connectivity index (χ3n) is 2.80. The van der Waals surface area contributed by atoms with Crippen molar-refractivity contribution in [3.63, 3.8) is 0 Å². The Morgan fingerprint density at radius 1 is 1.47 bits per heavy atom. The SMILES string of the molecule is C[C@@H]1CN(c2cnccn2)CCC1(F)F. The molecule has 1 aliphatic rings. The predicted molar refractivity (Wildman–Crippen MR) is 53.0 cm³/mol. The maximum Gasteiger partial charge on any atom is 0.254 e. The Hall–Kier alpha value is -1.26. The molecule has 0 radical (unpaired) electrons. The van der Waals surface area contributed by atoms with Crippen LogP contribution >= 0.6 is 0 Å². The van der Waals surface area contributed by atoms with Gasteiger partial charge in [-0.2, -0.15) is 0 Å². The van der Waals surface area contributed by atoms with E-state index in [0.29, 0.717) is 18.9 Å². The van der Waals surface area contributed by atoms with Gasteiger partial charge in [0.1, 0.15) is 5.82 Å². The fourth-order valence-corrected chi connectivity index (χ4v) is 1.75. The van der Waals surface area contributed by atoms with E-state index in [2.05, 4.69) is 9.97 Å². The van der Waals surface area contributed by atoms with Crippen LogP contribution in [0.5, 0.6) is 0 Å². The molecule has 0 bridgehead atoms. The van der Waals surface area contributed by atoms with Crippen molar-refractivity contribution < 1.29 is 8.78 Å². The molecule has 1 aromatic heterocycles. The summed E-state index contributed by atoms with van der Waals surface area (Å²) >= 11 is 0. The molecule has 1 aliphatic heterocycles. The Morgan fingerprint density at radius 3 is 2.87 bits per heavy atom. The van der Waals surface area contributed by atoms with E-state index in [1.54, 1.807) is 25.5 Å². The van der Waals surface area contributed by atoms with Crippen LogP contribution in [0.25, 0.3) is 0 Å². The first kappa shape index (κ1) is 10.3. The molecular formula is C10H13F2N3. The quantitative estimate of drug-likeness (QED) is 0.714. The lowest BCUT2D eigenvalue weighted by Gasteiger charge is -2.37. The van der Waals surface area contributed by atoms with Crippen LogP contribution in [0.2, 0.25) is 0 Å². The van der Waals surface area contributed by atoms with Crippen molar-refractivity contribution in [1.82, 2.24) is 9.97 Å². The van der Waals surface area contributed by atoms with Gasteiger partial charge in [-0.15, -0.1) is 0 Å². The van der Waals surface area contributed by atoms with Gasteiger partial charge in [-0.25, -0.2) is 13.8 Å². The number of hydrogen-bond acceptors (Lipinski definition) is 3. The van der Waals surface area contributed by atoms with Crippen LogP contribution in [0.4, 0.5) is 14.6 Å². The summed E-state index contributed by atoms with van der Waals surface area (Å²) in [6.45, 7) is 2.25. The molecule has 3 nitrogen and oxygen atoms in total. The standard InChI is InChI=1S/C10H13F2N3/c1-8-7-15(5-2-10(8,11)12)9-6-13-3-4-14-9/h3-4,6,8H,2,5,7H2,1H3/t8-/m1/s1. The van der Waals surface area contributed by atoms with Crippen molar-refractivity contribution in [1.29, 1.82) is 0 Å². The summed E-state index contributed by atoms with van der Waals surface area (Å²) in [6.07, 6.45) is 4.65. The highest BCUT2D eigenvalue weighted by Gasteiger charge is 2.41. The number of hydrogen-bond donors (Lipinski definition) is 0. The van der Waals surface area contributed by atoms with Gasteiger partial charge >= 0.3 is 0 Å². The highest BCUT2D eigenvalue weighted by molar-refractivity contribution is 5.36. The van der Waals surface area contributed by atoms with E-state index < -0.39 is 11.8 Å². The summed E-state index contributed by atoms with van der Waals surface area (Å²) in [5.74, 6) is -2.49. The largest absolute Gasteiger partial charge is 0.355 e. The highest BCUT2D eigenvalue weighted by Crippen LogP contribution is 2.34. The van der Waals surface area contributed by atoms with Gasteiger partial charge in [0.25, 0.3) is 5.92 Å². The second-order valence-corrected chi connectivity index (χ2v) is 3.92. The second kappa shape index (κ2) is 3.72. The van der Waals surface area contributed by atoms with Crippen LogP contribution in [0.1, 0.15) is 13.3 Å². The summed E-state index contributed by atoms with van der Waals surface area (Å²) in [6, 6.07) is 0. The highest BCUT2D eigenvalue weighted by atomic mass is 19.3. The molecule has 1 saturated heterocycles. The van der Waals surface area contributed by atoms with Gasteiger partial charge in [-0.3, -0.25) is 4.98 Å². The van der Waals surface area contributed by atoms with Crippen LogP contribution in [0.15, 0.2) is 18.6 Å². The van der Waals surface area contributed by atoms with Gasteiger partial charge in [0.2, 0.25) is 0 Å². The number of halogens is 2. The van der Waals surface area contributed by atoms with Crippen molar-refractivity contribution in [2.45, 2.75) is 19.3 Å². The molecule has 2 heterocycles. The Kier molecular flexibility index (Phi) is 2.54. The fraction of sp³-hybridized carbons (Fsp3) is 0.600. The lowest BCUT2D eigenvalue weighted by molar-refractivity contribution is -0.0652. The molecule has 0 saturated carbocycles. The zero-order valence-electron chi connectivity index (χ0n) is 8.53. The topological polar surface area (TPSA) is 29.0 Å². The van der Waals surface area contributed by atoms with Gasteiger partial charge in [-0.1, -0.05) is 6.92 Å². The number of aromatic nitrogens is 2. The minimum absolute atomic E-state index is 0.106. The average Bonchev–Trinajstić information content (AvgIpc) is 2.23. The van der Waals surface area contributed by atoms with E-state index >= 15 is 0 Å². The van der Waals surface area contributed by atoms with E-state index in [0.717, 1.165) is 0 Å². The molecule has 0 N–H and O–H groups in total. The third-order valence-corrected chi connectivity index (χ3v) is 2.80. The summed E-state index contributed by atoms with van der Waals surface area (Å²) < 4.78 is 26.4. The van der Waals surface area contributed by atoms with Crippen LogP contribution in [0.3, 0.4) is 0 Å². The molecule has 0 amide bonds. The van der Waals surface area contributed by atoms with Crippen LogP contribution in [-0.2, 0) is 0 Å². The smallest absolute Gasteiger partial charge is 0.254 e. The molecule has 1 aromatic rings. The first-order valence-electron chi connectivity index (χ1n) is 4.98. The first-order valence-corrected chi connectivity index (χ1v) is 4.98. The van der Waals surface area contributed by atoms with Gasteiger partial charge in [0.05, 0.1) is 6.20 Å². The van der Waals surface area contributed by atoms with E-state index in [-0.39, 0.29) is 6.42 Å². The lowest BCUT2D eigenvalue weighted by atomic mass is 9.95. The van der Waals surface area contributed by atoms with Crippen molar-refractivity contribution in [3.05, 3.63) is 18.6 Å². The molecule has 15 heavy (non-hydrogen) atoms. The monoisotopic (exact) mass is 213 g/mol. The fourth-order valence-electron chi connectivity index (χ4n) is 1.75. The maximum absolute atomic E-state index is 13.2. The second-order valence-electron chi connectivity index (χ2n) is 3.92. The minimum Gasteiger partial charge on any atom is -0.355 e. The maximum atomic E-state index is 13.2. The van der Waals surface area contributed by atoms with E-state index in [1.807, 2.05) is 4.90 Å². The Balaban J connectivity index is 2.10. The van der Waals surface area contributed by atoms with Crippen molar-refractivity contribution in [2.24, 2.45) is 5.92 Å². The molecular weight excluding hydrogens is 200 g/mol. The summed E-state index contributed by atoms with van der Waals surface area (Å²) in [4.78, 5) is 9.89. The molecule has 0 aliphatic carbocycles. The Bertz CT molecular complexity index is 329. The Labute approximate surface area is 87.1 Å². The first-order chi connectivity index (χ1) is 7.09. The minimum atomic E-state index is -2.54. The van der Waals surface area contributed by atoms with E-state index in [4.69, 9.17) is 0 Å². The van der Waals surface area contributed by atoms with E-state index in [9.17, 15) is 8.78 Å². The number of alkyl halides is 2. The normalized spacial score (nSPS) is 25.3. The molecule has 1 fully saturated rings. The van der Waals surface area contributed by atoms with Crippen LogP contribution in [-0.4, -0.2) is 29.0 Å². The third kappa shape index (κ3) is 2.06. The van der Waals surface area contributed by atoms with Crippen molar-refractivity contribution in [2.75, 3.05) is 18.0 Å². The average molecular weight is 213 g/mol. The van der Waals surface area contributed by atoms with Crippen molar-refractivity contribution in [3.8, 4) is 0 Å². The number of anilines is 1. The number of rotatable bonds is 1. The van der Waals surface area contributed by atoms with Gasteiger partial charge in [0.15, 0.2) is 0 Å². The molecule has 82 valence electrons. The molecule has 1 atom stereocenters. The van der Waals surface area contributed by atoms with Crippen LogP contribution in [0, 0.1) is 5.92 Å². The molecule has 0 unspecified atom stereocenters. The molecule has 0 aromatic carbocycles.